The molecule has 28 heavy (non-hydrogen) atoms. The van der Waals surface area contributed by atoms with Crippen LogP contribution in [0.4, 0.5) is 10.6 Å². The molecule has 1 saturated heterocycles. The zero-order valence-corrected chi connectivity index (χ0v) is 16.6. The van der Waals surface area contributed by atoms with Crippen LogP contribution in [0.25, 0.3) is 0 Å². The minimum absolute atomic E-state index is 0.120. The lowest BCUT2D eigenvalue weighted by Crippen LogP contribution is -2.50. The zero-order valence-electron chi connectivity index (χ0n) is 15.8. The summed E-state index contributed by atoms with van der Waals surface area (Å²) in [7, 11) is 0. The number of benzene rings is 1. The van der Waals surface area contributed by atoms with Gasteiger partial charge in [0.25, 0.3) is 0 Å². The molecule has 0 aliphatic carbocycles. The molecule has 2 amide bonds. The van der Waals surface area contributed by atoms with Crippen LogP contribution in [0.15, 0.2) is 36.5 Å². The van der Waals surface area contributed by atoms with Crippen molar-refractivity contribution in [3.8, 4) is 0 Å². The molecule has 2 heterocycles. The van der Waals surface area contributed by atoms with E-state index in [2.05, 4.69) is 10.4 Å². The molecule has 1 aliphatic rings. The molecule has 1 fully saturated rings. The molecule has 1 N–H and O–H groups in total. The Morgan fingerprint density at radius 2 is 1.93 bits per heavy atom. The van der Waals surface area contributed by atoms with Crippen LogP contribution in [0.2, 0.25) is 5.02 Å². The summed E-state index contributed by atoms with van der Waals surface area (Å²) in [5, 5.41) is 7.84. The van der Waals surface area contributed by atoms with Crippen molar-refractivity contribution >= 4 is 29.4 Å². The molecule has 1 aromatic heterocycles. The second-order valence-corrected chi connectivity index (χ2v) is 6.88. The summed E-state index contributed by atoms with van der Waals surface area (Å²) in [6, 6.07) is 9.30. The third-order valence-corrected chi connectivity index (χ3v) is 4.90. The van der Waals surface area contributed by atoms with E-state index in [0.29, 0.717) is 50.2 Å². The molecule has 3 rings (SSSR count). The van der Waals surface area contributed by atoms with E-state index in [0.717, 1.165) is 5.56 Å². The third-order valence-electron chi connectivity index (χ3n) is 4.53. The molecule has 0 saturated carbocycles. The monoisotopic (exact) mass is 405 g/mol. The van der Waals surface area contributed by atoms with E-state index in [1.165, 1.54) is 0 Å². The number of nitrogens with zero attached hydrogens (tertiary/aromatic N) is 4. The number of nitrogens with one attached hydrogen (secondary N) is 1. The van der Waals surface area contributed by atoms with Gasteiger partial charge in [-0.05, 0) is 18.6 Å². The highest BCUT2D eigenvalue weighted by atomic mass is 35.5. The normalized spacial score (nSPS) is 14.7. The first kappa shape index (κ1) is 20.2. The quantitative estimate of drug-likeness (QED) is 0.797. The topological polar surface area (TPSA) is 79.7 Å². The summed E-state index contributed by atoms with van der Waals surface area (Å²) in [5.41, 5.74) is 0.929. The largest absolute Gasteiger partial charge is 0.450 e. The van der Waals surface area contributed by atoms with Gasteiger partial charge in [-0.1, -0.05) is 29.8 Å². The first-order valence-electron chi connectivity index (χ1n) is 9.26. The van der Waals surface area contributed by atoms with Crippen molar-refractivity contribution in [1.82, 2.24) is 19.6 Å². The number of carbonyl (C=O) groups is 2. The van der Waals surface area contributed by atoms with Crippen molar-refractivity contribution < 1.29 is 14.3 Å². The van der Waals surface area contributed by atoms with E-state index in [9.17, 15) is 9.59 Å². The minimum atomic E-state index is -0.296. The number of rotatable bonds is 6. The predicted octanol–water partition coefficient (Wildman–Crippen LogP) is 2.30. The summed E-state index contributed by atoms with van der Waals surface area (Å²) in [6.45, 7) is 5.25. The van der Waals surface area contributed by atoms with Crippen LogP contribution in [0.1, 0.15) is 12.5 Å². The van der Waals surface area contributed by atoms with Gasteiger partial charge in [0.15, 0.2) is 0 Å². The summed E-state index contributed by atoms with van der Waals surface area (Å²) < 4.78 is 6.71. The van der Waals surface area contributed by atoms with E-state index in [4.69, 9.17) is 16.3 Å². The number of hydrogen-bond donors (Lipinski definition) is 1. The highest BCUT2D eigenvalue weighted by Gasteiger charge is 2.23. The van der Waals surface area contributed by atoms with Gasteiger partial charge < -0.3 is 15.0 Å². The lowest BCUT2D eigenvalue weighted by atomic mass is 10.2. The fourth-order valence-corrected chi connectivity index (χ4v) is 3.24. The lowest BCUT2D eigenvalue weighted by Gasteiger charge is -2.33. The number of hydrogen-bond acceptors (Lipinski definition) is 5. The van der Waals surface area contributed by atoms with Crippen molar-refractivity contribution in [2.75, 3.05) is 44.6 Å². The average Bonchev–Trinajstić information content (AvgIpc) is 3.11. The Morgan fingerprint density at radius 1 is 1.18 bits per heavy atom. The number of carbonyl (C=O) groups excluding carboxylic acids is 2. The van der Waals surface area contributed by atoms with E-state index in [-0.39, 0.29) is 18.5 Å². The molecule has 1 aliphatic heterocycles. The summed E-state index contributed by atoms with van der Waals surface area (Å²) in [6.07, 6.45) is 1.35. The molecular formula is C19H24ClN5O3. The second-order valence-electron chi connectivity index (χ2n) is 6.48. The lowest BCUT2D eigenvalue weighted by molar-refractivity contribution is -0.117. The van der Waals surface area contributed by atoms with E-state index < -0.39 is 0 Å². The van der Waals surface area contributed by atoms with Gasteiger partial charge in [0.05, 0.1) is 25.9 Å². The maximum absolute atomic E-state index is 12.4. The van der Waals surface area contributed by atoms with Gasteiger partial charge in [-0.15, -0.1) is 0 Å². The molecule has 1 aromatic carbocycles. The van der Waals surface area contributed by atoms with E-state index >= 15 is 0 Å². The van der Waals surface area contributed by atoms with Crippen LogP contribution in [0, 0.1) is 0 Å². The molecule has 8 nitrogen and oxygen atoms in total. The molecule has 9 heteroatoms. The van der Waals surface area contributed by atoms with Crippen LogP contribution in [-0.4, -0.2) is 70.9 Å². The number of aromatic nitrogens is 2. The van der Waals surface area contributed by atoms with Crippen LogP contribution in [0.5, 0.6) is 0 Å². The van der Waals surface area contributed by atoms with E-state index in [1.54, 1.807) is 28.8 Å². The SMILES string of the molecule is CCOC(=O)N1CCN(CC(=O)Nc2ccnn2Cc2ccccc2Cl)CC1. The van der Waals surface area contributed by atoms with Crippen molar-refractivity contribution in [2.45, 2.75) is 13.5 Å². The molecule has 150 valence electrons. The summed E-state index contributed by atoms with van der Waals surface area (Å²) in [4.78, 5) is 27.9. The van der Waals surface area contributed by atoms with Gasteiger partial charge in [-0.3, -0.25) is 9.69 Å². The molecule has 0 spiro atoms. The van der Waals surface area contributed by atoms with Crippen LogP contribution in [0.3, 0.4) is 0 Å². The van der Waals surface area contributed by atoms with Gasteiger partial charge in [0.2, 0.25) is 5.91 Å². The fourth-order valence-electron chi connectivity index (χ4n) is 3.04. The number of amides is 2. The number of ether oxygens (including phenoxy) is 1. The van der Waals surface area contributed by atoms with Crippen LogP contribution < -0.4 is 5.32 Å². The Bertz CT molecular complexity index is 817. The van der Waals surface area contributed by atoms with Gasteiger partial charge in [0.1, 0.15) is 5.82 Å². The van der Waals surface area contributed by atoms with Crippen molar-refractivity contribution in [2.24, 2.45) is 0 Å². The van der Waals surface area contributed by atoms with Crippen molar-refractivity contribution in [3.63, 3.8) is 0 Å². The molecule has 0 atom stereocenters. The van der Waals surface area contributed by atoms with Crippen LogP contribution >= 0.6 is 11.6 Å². The maximum atomic E-state index is 12.4. The Labute approximate surface area is 169 Å². The first-order valence-corrected chi connectivity index (χ1v) is 9.63. The first-order chi connectivity index (χ1) is 13.6. The zero-order chi connectivity index (χ0) is 19.9. The Kier molecular flexibility index (Phi) is 6.89. The van der Waals surface area contributed by atoms with Gasteiger partial charge >= 0.3 is 6.09 Å². The Morgan fingerprint density at radius 3 is 2.64 bits per heavy atom. The molecule has 0 unspecified atom stereocenters. The maximum Gasteiger partial charge on any atom is 0.409 e. The van der Waals surface area contributed by atoms with Gasteiger partial charge in [-0.25, -0.2) is 9.48 Å². The van der Waals surface area contributed by atoms with Gasteiger partial charge in [-0.2, -0.15) is 5.10 Å². The van der Waals surface area contributed by atoms with Crippen LogP contribution in [-0.2, 0) is 16.1 Å². The molecule has 0 radical (unpaired) electrons. The van der Waals surface area contributed by atoms with Gasteiger partial charge in [0, 0.05) is 37.3 Å². The number of halogens is 1. The summed E-state index contributed by atoms with van der Waals surface area (Å²) in [5.74, 6) is 0.501. The Balaban J connectivity index is 1.51. The number of piperazine rings is 1. The second kappa shape index (κ2) is 9.57. The Hall–Kier alpha value is -2.58. The highest BCUT2D eigenvalue weighted by molar-refractivity contribution is 6.31. The minimum Gasteiger partial charge on any atom is -0.450 e. The fraction of sp³-hybridized carbons (Fsp3) is 0.421. The van der Waals surface area contributed by atoms with Crippen molar-refractivity contribution in [1.29, 1.82) is 0 Å². The average molecular weight is 406 g/mol. The highest BCUT2D eigenvalue weighted by Crippen LogP contribution is 2.18. The third kappa shape index (κ3) is 5.24. The smallest absolute Gasteiger partial charge is 0.409 e. The molecule has 2 aromatic rings. The summed E-state index contributed by atoms with van der Waals surface area (Å²) >= 11 is 6.21. The predicted molar refractivity (Wildman–Crippen MR) is 106 cm³/mol. The number of anilines is 1. The van der Waals surface area contributed by atoms with Crippen molar-refractivity contribution in [3.05, 3.63) is 47.1 Å². The van der Waals surface area contributed by atoms with E-state index in [1.807, 2.05) is 29.2 Å². The molecular weight excluding hydrogens is 382 g/mol. The molecule has 0 bridgehead atoms. The standard InChI is InChI=1S/C19H24ClN5O3/c1-2-28-19(27)24-11-9-23(10-12-24)14-18(26)22-17-7-8-21-25(17)13-15-5-3-4-6-16(15)20/h3-8H,2,9-14H2,1H3,(H,22,26).